The molecule has 6 nitrogen and oxygen atoms in total. The van der Waals surface area contributed by atoms with Crippen LogP contribution >= 0.6 is 23.6 Å². The van der Waals surface area contributed by atoms with Gasteiger partial charge in [-0.25, -0.2) is 13.6 Å². The Morgan fingerprint density at radius 2 is 1.91 bits per heavy atom. The Bertz CT molecular complexity index is 826. The van der Waals surface area contributed by atoms with Crippen molar-refractivity contribution in [3.63, 3.8) is 0 Å². The molecule has 0 radical (unpaired) electrons. The number of nitrogens with one attached hydrogen (secondary N) is 2. The third-order valence-corrected chi connectivity index (χ3v) is 4.59. The molecule has 0 aliphatic heterocycles. The third kappa shape index (κ3) is 5.57. The van der Waals surface area contributed by atoms with Gasteiger partial charge in [0.25, 0.3) is 0 Å². The van der Waals surface area contributed by atoms with Gasteiger partial charge >= 0.3 is 0 Å². The van der Waals surface area contributed by atoms with Gasteiger partial charge in [-0.3, -0.25) is 10.1 Å². The Labute approximate surface area is 143 Å². The number of primary sulfonamides is 1. The van der Waals surface area contributed by atoms with Crippen molar-refractivity contribution < 1.29 is 13.2 Å². The molecule has 2 rings (SSSR count). The largest absolute Gasteiger partial charge is 0.332 e. The van der Waals surface area contributed by atoms with E-state index >= 15 is 0 Å². The van der Waals surface area contributed by atoms with Crippen LogP contribution in [0.3, 0.4) is 0 Å². The van der Waals surface area contributed by atoms with Gasteiger partial charge in [0, 0.05) is 16.6 Å². The molecule has 23 heavy (non-hydrogen) atoms. The molecule has 2 aromatic rings. The normalized spacial score (nSPS) is 11.3. The van der Waals surface area contributed by atoms with Gasteiger partial charge in [-0.05, 0) is 54.0 Å². The topological polar surface area (TPSA) is 101 Å². The summed E-state index contributed by atoms with van der Waals surface area (Å²) in [6.07, 6.45) is 3.06. The number of hydrogen-bond donors (Lipinski definition) is 3. The lowest BCUT2D eigenvalue weighted by Gasteiger charge is -2.08. The molecule has 0 aliphatic rings. The van der Waals surface area contributed by atoms with Crippen LogP contribution in [0.1, 0.15) is 4.88 Å². The van der Waals surface area contributed by atoms with Crippen molar-refractivity contribution >= 4 is 56.4 Å². The zero-order valence-corrected chi connectivity index (χ0v) is 14.2. The van der Waals surface area contributed by atoms with Crippen molar-refractivity contribution in [1.82, 2.24) is 5.32 Å². The Hall–Kier alpha value is -2.07. The minimum Gasteiger partial charge on any atom is -0.332 e. The zero-order valence-electron chi connectivity index (χ0n) is 11.7. The van der Waals surface area contributed by atoms with Gasteiger partial charge < -0.3 is 5.32 Å². The first-order chi connectivity index (χ1) is 10.8. The van der Waals surface area contributed by atoms with Crippen LogP contribution in [0.2, 0.25) is 0 Å². The molecule has 0 unspecified atom stereocenters. The molecule has 0 spiro atoms. The number of carbonyl (C=O) groups excluding carboxylic acids is 1. The van der Waals surface area contributed by atoms with E-state index in [4.69, 9.17) is 17.4 Å². The van der Waals surface area contributed by atoms with Gasteiger partial charge in [0.15, 0.2) is 5.11 Å². The first-order valence-corrected chi connectivity index (χ1v) is 9.14. The molecule has 120 valence electrons. The molecule has 9 heteroatoms. The highest BCUT2D eigenvalue weighted by Crippen LogP contribution is 2.12. The van der Waals surface area contributed by atoms with Crippen LogP contribution in [0, 0.1) is 0 Å². The van der Waals surface area contributed by atoms with E-state index in [9.17, 15) is 13.2 Å². The van der Waals surface area contributed by atoms with E-state index in [1.165, 1.54) is 41.7 Å². The quantitative estimate of drug-likeness (QED) is 0.566. The summed E-state index contributed by atoms with van der Waals surface area (Å²) in [7, 11) is -3.73. The molecular formula is C14H13N3O3S3. The van der Waals surface area contributed by atoms with Crippen molar-refractivity contribution in [3.8, 4) is 0 Å². The standard InChI is InChI=1S/C14H13N3O3S3/c15-23(19,20)12-6-3-10(4-7-12)16-14(21)17-13(18)8-5-11-2-1-9-22-11/h1-9H,(H2,15,19,20)(H2,16,17,18,21)/b8-5+. The lowest BCUT2D eigenvalue weighted by molar-refractivity contribution is -0.115. The molecule has 0 saturated heterocycles. The predicted molar refractivity (Wildman–Crippen MR) is 95.5 cm³/mol. The molecule has 1 heterocycles. The SMILES string of the molecule is NS(=O)(=O)c1ccc(NC(=S)NC(=O)/C=C/c2cccs2)cc1. The lowest BCUT2D eigenvalue weighted by Crippen LogP contribution is -2.32. The molecule has 1 amide bonds. The molecule has 0 atom stereocenters. The predicted octanol–water partition coefficient (Wildman–Crippen LogP) is 1.92. The average molecular weight is 367 g/mol. The number of benzene rings is 1. The molecule has 0 fully saturated rings. The number of hydrogen-bond acceptors (Lipinski definition) is 5. The van der Waals surface area contributed by atoms with Crippen LogP contribution in [0.5, 0.6) is 0 Å². The third-order valence-electron chi connectivity index (χ3n) is 2.62. The highest BCUT2D eigenvalue weighted by Gasteiger charge is 2.07. The Kier molecular flexibility index (Phi) is 5.61. The molecular weight excluding hydrogens is 354 g/mol. The smallest absolute Gasteiger partial charge is 0.250 e. The molecule has 4 N–H and O–H groups in total. The lowest BCUT2D eigenvalue weighted by atomic mass is 10.3. The number of anilines is 1. The molecule has 0 aliphatic carbocycles. The number of carbonyl (C=O) groups is 1. The maximum atomic E-state index is 11.7. The summed E-state index contributed by atoms with van der Waals surface area (Å²) < 4.78 is 22.3. The average Bonchev–Trinajstić information content (AvgIpc) is 2.98. The monoisotopic (exact) mass is 367 g/mol. The van der Waals surface area contributed by atoms with Gasteiger partial charge in [0.1, 0.15) is 0 Å². The summed E-state index contributed by atoms with van der Waals surface area (Å²) in [5.41, 5.74) is 0.532. The highest BCUT2D eigenvalue weighted by molar-refractivity contribution is 7.89. The maximum Gasteiger partial charge on any atom is 0.250 e. The number of sulfonamides is 1. The Morgan fingerprint density at radius 1 is 1.22 bits per heavy atom. The Morgan fingerprint density at radius 3 is 2.48 bits per heavy atom. The van der Waals surface area contributed by atoms with Crippen molar-refractivity contribution in [2.24, 2.45) is 5.14 Å². The highest BCUT2D eigenvalue weighted by atomic mass is 32.2. The minimum atomic E-state index is -3.73. The van der Waals surface area contributed by atoms with Gasteiger partial charge in [-0.1, -0.05) is 6.07 Å². The summed E-state index contributed by atoms with van der Waals surface area (Å²) in [6, 6.07) is 9.47. The van der Waals surface area contributed by atoms with E-state index < -0.39 is 10.0 Å². The van der Waals surface area contributed by atoms with Crippen molar-refractivity contribution in [2.45, 2.75) is 4.90 Å². The van der Waals surface area contributed by atoms with E-state index in [1.807, 2.05) is 17.5 Å². The zero-order chi connectivity index (χ0) is 16.9. The molecule has 1 aromatic carbocycles. The summed E-state index contributed by atoms with van der Waals surface area (Å²) >= 11 is 6.53. The summed E-state index contributed by atoms with van der Waals surface area (Å²) in [4.78, 5) is 12.7. The number of rotatable bonds is 4. The van der Waals surface area contributed by atoms with Crippen molar-refractivity contribution in [3.05, 3.63) is 52.7 Å². The van der Waals surface area contributed by atoms with E-state index in [2.05, 4.69) is 10.6 Å². The second kappa shape index (κ2) is 7.47. The second-order valence-electron chi connectivity index (χ2n) is 4.36. The van der Waals surface area contributed by atoms with E-state index in [1.54, 1.807) is 6.08 Å². The number of amides is 1. The van der Waals surface area contributed by atoms with Crippen LogP contribution in [0.25, 0.3) is 6.08 Å². The second-order valence-corrected chi connectivity index (χ2v) is 7.31. The maximum absolute atomic E-state index is 11.7. The van der Waals surface area contributed by atoms with Crippen molar-refractivity contribution in [1.29, 1.82) is 0 Å². The molecule has 0 bridgehead atoms. The van der Waals surface area contributed by atoms with E-state index in [0.717, 1.165) is 4.88 Å². The first kappa shape index (κ1) is 17.3. The van der Waals surface area contributed by atoms with E-state index in [0.29, 0.717) is 5.69 Å². The first-order valence-electron chi connectivity index (χ1n) is 6.31. The number of thiophene rings is 1. The van der Waals surface area contributed by atoms with Crippen LogP contribution < -0.4 is 15.8 Å². The fourth-order valence-corrected chi connectivity index (χ4v) is 2.94. The molecule has 0 saturated carbocycles. The minimum absolute atomic E-state index is 0.00288. The summed E-state index contributed by atoms with van der Waals surface area (Å²) in [5, 5.41) is 12.3. The van der Waals surface area contributed by atoms with Crippen LogP contribution in [0.15, 0.2) is 52.7 Å². The van der Waals surface area contributed by atoms with Crippen molar-refractivity contribution in [2.75, 3.05) is 5.32 Å². The Balaban J connectivity index is 1.90. The van der Waals surface area contributed by atoms with Gasteiger partial charge in [-0.2, -0.15) is 0 Å². The number of nitrogens with two attached hydrogens (primary N) is 1. The summed E-state index contributed by atoms with van der Waals surface area (Å²) in [6.45, 7) is 0. The fraction of sp³-hybridized carbons (Fsp3) is 0. The molecule has 1 aromatic heterocycles. The van der Waals surface area contributed by atoms with Crippen LogP contribution in [-0.4, -0.2) is 19.4 Å². The van der Waals surface area contributed by atoms with Gasteiger partial charge in [0.2, 0.25) is 15.9 Å². The summed E-state index contributed by atoms with van der Waals surface area (Å²) in [5.74, 6) is -0.364. The van der Waals surface area contributed by atoms with Crippen LogP contribution in [-0.2, 0) is 14.8 Å². The fourth-order valence-electron chi connectivity index (χ4n) is 1.59. The van der Waals surface area contributed by atoms with Gasteiger partial charge in [-0.15, -0.1) is 11.3 Å². The van der Waals surface area contributed by atoms with Gasteiger partial charge in [0.05, 0.1) is 4.90 Å². The number of thiocarbonyl (C=S) groups is 1. The van der Waals surface area contributed by atoms with E-state index in [-0.39, 0.29) is 15.9 Å². The van der Waals surface area contributed by atoms with Crippen LogP contribution in [0.4, 0.5) is 5.69 Å².